The molecule has 3 rings (SSSR count). The lowest BCUT2D eigenvalue weighted by Crippen LogP contribution is -2.27. The van der Waals surface area contributed by atoms with Crippen molar-refractivity contribution in [3.8, 4) is 6.07 Å². The normalized spacial score (nSPS) is 11.5. The highest BCUT2D eigenvalue weighted by molar-refractivity contribution is 9.10. The number of amides is 1. The molecule has 0 aliphatic heterocycles. The van der Waals surface area contributed by atoms with E-state index in [2.05, 4.69) is 21.2 Å². The molecule has 1 amide bonds. The van der Waals surface area contributed by atoms with E-state index in [4.69, 9.17) is 4.74 Å². The molecule has 0 aliphatic carbocycles. The molecule has 0 bridgehead atoms. The van der Waals surface area contributed by atoms with E-state index in [0.717, 1.165) is 20.8 Å². The fraction of sp³-hybridized carbons (Fsp3) is 0.136. The number of halogens is 1. The van der Waals surface area contributed by atoms with Crippen LogP contribution in [0, 0.1) is 11.3 Å². The zero-order valence-electron chi connectivity index (χ0n) is 15.3. The van der Waals surface area contributed by atoms with E-state index in [-0.39, 0.29) is 22.7 Å². The average molecular weight is 437 g/mol. The summed E-state index contributed by atoms with van der Waals surface area (Å²) in [5.74, 6) is -0.997. The summed E-state index contributed by atoms with van der Waals surface area (Å²) in [4.78, 5) is 24.6. The molecule has 0 fully saturated rings. The molecule has 3 aromatic carbocycles. The second-order valence-corrected chi connectivity index (χ2v) is 7.19. The Morgan fingerprint density at radius 3 is 2.61 bits per heavy atom. The minimum absolute atomic E-state index is 0.136. The van der Waals surface area contributed by atoms with Crippen molar-refractivity contribution in [3.05, 3.63) is 81.3 Å². The van der Waals surface area contributed by atoms with E-state index in [1.165, 1.54) is 25.3 Å². The lowest BCUT2D eigenvalue weighted by molar-refractivity contribution is 0.0600. The molecular formula is C22H17BrN2O3. The Hall–Kier alpha value is -3.17. The Morgan fingerprint density at radius 1 is 1.14 bits per heavy atom. The van der Waals surface area contributed by atoms with Crippen molar-refractivity contribution in [3.63, 3.8) is 0 Å². The highest BCUT2D eigenvalue weighted by atomic mass is 79.9. The number of carbonyl (C=O) groups excluding carboxylic acids is 2. The third-order valence-electron chi connectivity index (χ3n) is 4.48. The number of hydrogen-bond acceptors (Lipinski definition) is 4. The number of nitrogens with one attached hydrogen (secondary N) is 1. The molecule has 3 aromatic rings. The minimum atomic E-state index is -0.565. The lowest BCUT2D eigenvalue weighted by atomic mass is 9.98. The molecule has 1 atom stereocenters. The highest BCUT2D eigenvalue weighted by Gasteiger charge is 2.19. The zero-order valence-corrected chi connectivity index (χ0v) is 16.9. The van der Waals surface area contributed by atoms with E-state index in [1.54, 1.807) is 0 Å². The number of fused-ring (bicyclic) bond motifs is 1. The second-order valence-electron chi connectivity index (χ2n) is 6.28. The van der Waals surface area contributed by atoms with Crippen molar-refractivity contribution in [1.82, 2.24) is 5.32 Å². The second kappa shape index (κ2) is 8.24. The van der Waals surface area contributed by atoms with Crippen molar-refractivity contribution < 1.29 is 14.3 Å². The van der Waals surface area contributed by atoms with Gasteiger partial charge in [0.1, 0.15) is 0 Å². The van der Waals surface area contributed by atoms with Gasteiger partial charge in [-0.25, -0.2) is 4.79 Å². The predicted molar refractivity (Wildman–Crippen MR) is 110 cm³/mol. The van der Waals surface area contributed by atoms with E-state index in [1.807, 2.05) is 49.4 Å². The molecule has 0 saturated carbocycles. The number of rotatable bonds is 4. The quantitative estimate of drug-likeness (QED) is 0.598. The van der Waals surface area contributed by atoms with Crippen LogP contribution < -0.4 is 5.32 Å². The van der Waals surface area contributed by atoms with Gasteiger partial charge in [-0.15, -0.1) is 0 Å². The third kappa shape index (κ3) is 3.90. The van der Waals surface area contributed by atoms with Gasteiger partial charge >= 0.3 is 5.97 Å². The molecule has 6 heteroatoms. The summed E-state index contributed by atoms with van der Waals surface area (Å²) >= 11 is 3.51. The maximum absolute atomic E-state index is 12.9. The largest absolute Gasteiger partial charge is 0.465 e. The maximum atomic E-state index is 12.9. The number of nitriles is 1. The van der Waals surface area contributed by atoms with Crippen molar-refractivity contribution >= 4 is 38.6 Å². The Balaban J connectivity index is 1.96. The summed E-state index contributed by atoms with van der Waals surface area (Å²) in [5, 5.41) is 14.3. The smallest absolute Gasteiger partial charge is 0.337 e. The Morgan fingerprint density at radius 2 is 1.89 bits per heavy atom. The SMILES string of the molecule is COC(=O)c1ccc(C#N)c(C(=O)N[C@H](C)c2cc(Br)cc3ccccc23)c1. The van der Waals surface area contributed by atoms with Gasteiger partial charge in [0, 0.05) is 4.47 Å². The lowest BCUT2D eigenvalue weighted by Gasteiger charge is -2.18. The predicted octanol–water partition coefficient (Wildman–Crippen LogP) is 4.75. The Kier molecular flexibility index (Phi) is 5.76. The van der Waals surface area contributed by atoms with Gasteiger partial charge < -0.3 is 10.1 Å². The molecule has 5 nitrogen and oxygen atoms in total. The highest BCUT2D eigenvalue weighted by Crippen LogP contribution is 2.29. The summed E-state index contributed by atoms with van der Waals surface area (Å²) in [6.45, 7) is 1.88. The van der Waals surface area contributed by atoms with Crippen LogP contribution in [-0.4, -0.2) is 19.0 Å². The maximum Gasteiger partial charge on any atom is 0.337 e. The fourth-order valence-corrected chi connectivity index (χ4v) is 3.58. The summed E-state index contributed by atoms with van der Waals surface area (Å²) in [6, 6.07) is 17.8. The van der Waals surface area contributed by atoms with Crippen LogP contribution in [0.1, 0.15) is 44.8 Å². The number of ether oxygens (including phenoxy) is 1. The molecule has 0 radical (unpaired) electrons. The van der Waals surface area contributed by atoms with Crippen molar-refractivity contribution in [2.45, 2.75) is 13.0 Å². The van der Waals surface area contributed by atoms with Crippen LogP contribution in [0.3, 0.4) is 0 Å². The van der Waals surface area contributed by atoms with E-state index < -0.39 is 11.9 Å². The van der Waals surface area contributed by atoms with Gasteiger partial charge in [0.05, 0.1) is 35.9 Å². The van der Waals surface area contributed by atoms with Crippen LogP contribution >= 0.6 is 15.9 Å². The number of nitrogens with zero attached hydrogens (tertiary/aromatic N) is 1. The zero-order chi connectivity index (χ0) is 20.3. The van der Waals surface area contributed by atoms with Crippen molar-refractivity contribution in [2.24, 2.45) is 0 Å². The van der Waals surface area contributed by atoms with Crippen LogP contribution in [0.25, 0.3) is 10.8 Å². The first-order chi connectivity index (χ1) is 13.4. The van der Waals surface area contributed by atoms with E-state index >= 15 is 0 Å². The molecule has 0 spiro atoms. The first-order valence-electron chi connectivity index (χ1n) is 8.56. The average Bonchev–Trinajstić information content (AvgIpc) is 2.71. The Bertz CT molecular complexity index is 1120. The molecule has 0 aromatic heterocycles. The summed E-state index contributed by atoms with van der Waals surface area (Å²) in [5.41, 5.74) is 1.49. The number of benzene rings is 3. The van der Waals surface area contributed by atoms with Crippen molar-refractivity contribution in [2.75, 3.05) is 7.11 Å². The topological polar surface area (TPSA) is 79.2 Å². The molecule has 0 unspecified atom stereocenters. The van der Waals surface area contributed by atoms with Crippen LogP contribution in [0.4, 0.5) is 0 Å². The van der Waals surface area contributed by atoms with E-state index in [0.29, 0.717) is 0 Å². The summed E-state index contributed by atoms with van der Waals surface area (Å²) in [7, 11) is 1.26. The molecule has 28 heavy (non-hydrogen) atoms. The van der Waals surface area contributed by atoms with Crippen LogP contribution in [0.5, 0.6) is 0 Å². The van der Waals surface area contributed by atoms with Gasteiger partial charge in [-0.05, 0) is 53.6 Å². The molecule has 0 saturated heterocycles. The summed E-state index contributed by atoms with van der Waals surface area (Å²) < 4.78 is 5.61. The van der Waals surface area contributed by atoms with Crippen LogP contribution in [-0.2, 0) is 4.74 Å². The molecule has 1 N–H and O–H groups in total. The standard InChI is InChI=1S/C22H17BrN2O3/c1-13(19-11-17(23)9-14-5-3-4-6-18(14)19)25-21(26)20-10-15(22(27)28-2)7-8-16(20)12-24/h3-11,13H,1-2H3,(H,25,26)/t13-/m1/s1. The minimum Gasteiger partial charge on any atom is -0.465 e. The van der Waals surface area contributed by atoms with Gasteiger partial charge in [0.25, 0.3) is 5.91 Å². The first kappa shape index (κ1) is 19.6. The number of methoxy groups -OCH3 is 1. The monoisotopic (exact) mass is 436 g/mol. The molecular weight excluding hydrogens is 420 g/mol. The van der Waals surface area contributed by atoms with Gasteiger partial charge in [0.2, 0.25) is 0 Å². The summed E-state index contributed by atoms with van der Waals surface area (Å²) in [6.07, 6.45) is 0. The first-order valence-corrected chi connectivity index (χ1v) is 9.35. The molecule has 0 heterocycles. The van der Waals surface area contributed by atoms with Crippen LogP contribution in [0.15, 0.2) is 59.1 Å². The van der Waals surface area contributed by atoms with Gasteiger partial charge in [-0.2, -0.15) is 5.26 Å². The fourth-order valence-electron chi connectivity index (χ4n) is 3.09. The number of carbonyl (C=O) groups is 2. The van der Waals surface area contributed by atoms with E-state index in [9.17, 15) is 14.9 Å². The number of hydrogen-bond donors (Lipinski definition) is 1. The van der Waals surface area contributed by atoms with Gasteiger partial charge in [-0.1, -0.05) is 40.2 Å². The number of esters is 1. The van der Waals surface area contributed by atoms with Crippen LogP contribution in [0.2, 0.25) is 0 Å². The molecule has 0 aliphatic rings. The van der Waals surface area contributed by atoms with Crippen molar-refractivity contribution in [1.29, 1.82) is 5.26 Å². The third-order valence-corrected chi connectivity index (χ3v) is 4.94. The molecule has 140 valence electrons. The Labute approximate surface area is 171 Å². The van der Waals surface area contributed by atoms with Gasteiger partial charge in [-0.3, -0.25) is 4.79 Å². The van der Waals surface area contributed by atoms with Gasteiger partial charge in [0.15, 0.2) is 0 Å².